The standard InChI is InChI=1S/C33H32N8O2S/c1-38(32(42)27(34)20-44)31-33(43)40(28-18-10-9-17-26(28)30(36-31)24-14-6-3-7-15-24)22-39-21-35-37-41(39)29-19-11-8-16-25(29)23-12-4-2-5-13-23/h2-19,21,27,31,37,44H,20,22,34H2,1H3. The van der Waals surface area contributed by atoms with Crippen molar-refractivity contribution in [3.63, 3.8) is 0 Å². The first-order chi connectivity index (χ1) is 21.5. The molecule has 0 spiro atoms. The predicted octanol–water partition coefficient (Wildman–Crippen LogP) is 3.72. The number of rotatable bonds is 8. The van der Waals surface area contributed by atoms with Crippen molar-refractivity contribution in [3.8, 4) is 11.1 Å². The van der Waals surface area contributed by atoms with Crippen LogP contribution in [0.4, 0.5) is 11.4 Å². The number of para-hydroxylation sites is 2. The minimum absolute atomic E-state index is 0.0736. The van der Waals surface area contributed by atoms with E-state index in [1.54, 1.807) is 23.4 Å². The summed E-state index contributed by atoms with van der Waals surface area (Å²) in [6.07, 6.45) is 0.455. The van der Waals surface area contributed by atoms with Crippen molar-refractivity contribution < 1.29 is 9.59 Å². The van der Waals surface area contributed by atoms with Crippen LogP contribution in [0.5, 0.6) is 0 Å². The van der Waals surface area contributed by atoms with Crippen molar-refractivity contribution in [1.29, 1.82) is 0 Å². The Balaban J connectivity index is 1.42. The monoisotopic (exact) mass is 604 g/mol. The number of likely N-dealkylation sites (N-methyl/N-ethyl adjacent to an activating group) is 1. The summed E-state index contributed by atoms with van der Waals surface area (Å²) in [4.78, 5) is 35.7. The molecule has 4 aromatic carbocycles. The lowest BCUT2D eigenvalue weighted by Gasteiger charge is -2.36. The highest BCUT2D eigenvalue weighted by Crippen LogP contribution is 2.33. The van der Waals surface area contributed by atoms with Gasteiger partial charge in [-0.3, -0.25) is 14.5 Å². The van der Waals surface area contributed by atoms with Crippen LogP contribution in [0.2, 0.25) is 0 Å². The van der Waals surface area contributed by atoms with E-state index in [0.717, 1.165) is 27.9 Å². The van der Waals surface area contributed by atoms with Gasteiger partial charge in [-0.05, 0) is 17.7 Å². The average molecular weight is 605 g/mol. The molecule has 0 fully saturated rings. The number of anilines is 2. The van der Waals surface area contributed by atoms with Crippen LogP contribution in [0.15, 0.2) is 119 Å². The molecule has 0 saturated carbocycles. The number of hydrogen-bond acceptors (Lipinski definition) is 9. The van der Waals surface area contributed by atoms with Gasteiger partial charge in [-0.15, -0.1) is 5.10 Å². The molecule has 10 nitrogen and oxygen atoms in total. The van der Waals surface area contributed by atoms with E-state index in [2.05, 4.69) is 23.3 Å². The van der Waals surface area contributed by atoms with E-state index in [0.29, 0.717) is 11.4 Å². The van der Waals surface area contributed by atoms with Gasteiger partial charge in [0.1, 0.15) is 13.0 Å². The highest BCUT2D eigenvalue weighted by Gasteiger charge is 2.38. The molecule has 0 aromatic heterocycles. The molecule has 2 atom stereocenters. The number of hydrogen-bond donors (Lipinski definition) is 3. The van der Waals surface area contributed by atoms with E-state index in [1.165, 1.54) is 4.90 Å². The Kier molecular flexibility index (Phi) is 8.31. The zero-order chi connectivity index (χ0) is 30.6. The summed E-state index contributed by atoms with van der Waals surface area (Å²) in [5.41, 5.74) is 14.8. The first-order valence-electron chi connectivity index (χ1n) is 14.1. The summed E-state index contributed by atoms with van der Waals surface area (Å²) in [5.74, 6) is -0.681. The molecule has 11 heteroatoms. The van der Waals surface area contributed by atoms with Gasteiger partial charge in [0.05, 0.1) is 23.1 Å². The van der Waals surface area contributed by atoms with Crippen LogP contribution in [0.1, 0.15) is 11.1 Å². The van der Waals surface area contributed by atoms with E-state index in [-0.39, 0.29) is 18.3 Å². The van der Waals surface area contributed by atoms with Gasteiger partial charge in [-0.1, -0.05) is 97.1 Å². The summed E-state index contributed by atoms with van der Waals surface area (Å²) in [6.45, 7) is 0.0736. The number of hydrazone groups is 1. The number of benzodiazepines with no additional fused rings is 1. The second-order valence-corrected chi connectivity index (χ2v) is 10.7. The number of fused-ring (bicyclic) bond motifs is 1. The van der Waals surface area contributed by atoms with Gasteiger partial charge in [-0.2, -0.15) is 23.3 Å². The fourth-order valence-corrected chi connectivity index (χ4v) is 5.47. The van der Waals surface area contributed by atoms with Crippen molar-refractivity contribution in [2.24, 2.45) is 15.8 Å². The largest absolute Gasteiger partial charge is 0.319 e. The maximum Gasteiger partial charge on any atom is 0.274 e. The predicted molar refractivity (Wildman–Crippen MR) is 177 cm³/mol. The molecule has 222 valence electrons. The molecule has 0 radical (unpaired) electrons. The number of amides is 2. The number of carbonyl (C=O) groups is 2. The van der Waals surface area contributed by atoms with Crippen LogP contribution in [-0.2, 0) is 9.59 Å². The van der Waals surface area contributed by atoms with Gasteiger partial charge in [0.25, 0.3) is 5.91 Å². The van der Waals surface area contributed by atoms with Crippen LogP contribution in [0.3, 0.4) is 0 Å². The Labute approximate surface area is 261 Å². The molecule has 4 aromatic rings. The van der Waals surface area contributed by atoms with E-state index in [4.69, 9.17) is 10.7 Å². The number of aliphatic imine (C=N–C) groups is 1. The normalized spacial score (nSPS) is 16.6. The fourth-order valence-electron chi connectivity index (χ4n) is 5.31. The van der Waals surface area contributed by atoms with Crippen LogP contribution in [0, 0.1) is 0 Å². The summed E-state index contributed by atoms with van der Waals surface area (Å²) in [6, 6.07) is 34.4. The smallest absolute Gasteiger partial charge is 0.274 e. The molecule has 3 N–H and O–H groups in total. The zero-order valence-corrected chi connectivity index (χ0v) is 25.0. The lowest BCUT2D eigenvalue weighted by atomic mass is 10.0. The van der Waals surface area contributed by atoms with Crippen LogP contribution in [0.25, 0.3) is 11.1 Å². The Morgan fingerprint density at radius 2 is 1.48 bits per heavy atom. The SMILES string of the molecule is CN(C(=O)C(N)CS)C1N=C(c2ccccc2)c2ccccc2N(CN2C=NNN2c2ccccc2-c2ccccc2)C1=O. The Hall–Kier alpha value is -5.13. The van der Waals surface area contributed by atoms with Gasteiger partial charge < -0.3 is 10.6 Å². The van der Waals surface area contributed by atoms with Gasteiger partial charge in [0, 0.05) is 29.5 Å². The Morgan fingerprint density at radius 1 is 0.886 bits per heavy atom. The average Bonchev–Trinajstić information content (AvgIpc) is 3.51. The third kappa shape index (κ3) is 5.50. The number of hydrazine groups is 2. The lowest BCUT2D eigenvalue weighted by molar-refractivity contribution is -0.138. The molecule has 0 bridgehead atoms. The Bertz CT molecular complexity index is 1720. The minimum Gasteiger partial charge on any atom is -0.319 e. The highest BCUT2D eigenvalue weighted by atomic mass is 32.1. The van der Waals surface area contributed by atoms with Gasteiger partial charge >= 0.3 is 0 Å². The molecule has 0 saturated heterocycles. The molecule has 0 aliphatic carbocycles. The summed E-state index contributed by atoms with van der Waals surface area (Å²) in [5, 5.41) is 7.93. The number of nitrogens with zero attached hydrogens (tertiary/aromatic N) is 6. The molecule has 2 aliphatic rings. The van der Waals surface area contributed by atoms with Crippen molar-refractivity contribution in [2.45, 2.75) is 12.2 Å². The molecule has 2 unspecified atom stereocenters. The number of benzene rings is 4. The number of nitrogens with two attached hydrogens (primary N) is 1. The van der Waals surface area contributed by atoms with E-state index >= 15 is 0 Å². The van der Waals surface area contributed by atoms with E-state index < -0.39 is 18.1 Å². The molecular weight excluding hydrogens is 572 g/mol. The molecule has 44 heavy (non-hydrogen) atoms. The van der Waals surface area contributed by atoms with Crippen LogP contribution < -0.4 is 21.3 Å². The lowest BCUT2D eigenvalue weighted by Crippen LogP contribution is -2.56. The summed E-state index contributed by atoms with van der Waals surface area (Å²) >= 11 is 4.21. The minimum atomic E-state index is -1.17. The molecule has 6 rings (SSSR count). The topological polar surface area (TPSA) is 110 Å². The fraction of sp³-hybridized carbons (Fsp3) is 0.152. The van der Waals surface area contributed by atoms with Gasteiger partial charge in [0.2, 0.25) is 12.1 Å². The maximum absolute atomic E-state index is 14.5. The quantitative estimate of drug-likeness (QED) is 0.265. The zero-order valence-electron chi connectivity index (χ0n) is 24.1. The first-order valence-corrected chi connectivity index (χ1v) is 14.8. The van der Waals surface area contributed by atoms with Crippen molar-refractivity contribution in [2.75, 3.05) is 29.5 Å². The van der Waals surface area contributed by atoms with E-state index in [1.807, 2.05) is 114 Å². The Morgan fingerprint density at radius 3 is 2.16 bits per heavy atom. The van der Waals surface area contributed by atoms with E-state index in [9.17, 15) is 9.59 Å². The maximum atomic E-state index is 14.5. The second-order valence-electron chi connectivity index (χ2n) is 10.4. The number of nitrogens with one attached hydrogen (secondary N) is 1. The number of carbonyl (C=O) groups excluding carboxylic acids is 2. The molecule has 2 aliphatic heterocycles. The van der Waals surface area contributed by atoms with Crippen LogP contribution >= 0.6 is 12.6 Å². The van der Waals surface area contributed by atoms with Gasteiger partial charge in [-0.25, -0.2) is 10.0 Å². The summed E-state index contributed by atoms with van der Waals surface area (Å²) < 4.78 is 0. The molecular formula is C33H32N8O2S. The van der Waals surface area contributed by atoms with Crippen LogP contribution in [-0.4, -0.2) is 65.5 Å². The third-order valence-corrected chi connectivity index (χ3v) is 7.96. The highest BCUT2D eigenvalue weighted by molar-refractivity contribution is 7.80. The molecule has 2 amide bonds. The van der Waals surface area contributed by atoms with Crippen molar-refractivity contribution in [3.05, 3.63) is 120 Å². The van der Waals surface area contributed by atoms with Crippen molar-refractivity contribution >= 4 is 47.9 Å². The molecule has 2 heterocycles. The van der Waals surface area contributed by atoms with Crippen molar-refractivity contribution in [1.82, 2.24) is 15.4 Å². The second kappa shape index (κ2) is 12.6. The third-order valence-electron chi connectivity index (χ3n) is 7.57. The summed E-state index contributed by atoms with van der Waals surface area (Å²) in [7, 11) is 1.55. The first kappa shape index (κ1) is 29.0. The number of thiol groups is 1. The van der Waals surface area contributed by atoms with Gasteiger partial charge in [0.15, 0.2) is 0 Å².